The van der Waals surface area contributed by atoms with Crippen molar-refractivity contribution in [2.24, 2.45) is 0 Å². The second-order valence-corrected chi connectivity index (χ2v) is 16.0. The van der Waals surface area contributed by atoms with E-state index < -0.39 is 0 Å². The average Bonchev–Trinajstić information content (AvgIpc) is 3.83. The maximum Gasteiger partial charge on any atom is 0.227 e. The fourth-order valence-electron chi connectivity index (χ4n) is 8.65. The van der Waals surface area contributed by atoms with Gasteiger partial charge in [-0.3, -0.25) is 0 Å². The van der Waals surface area contributed by atoms with Gasteiger partial charge in [0.2, 0.25) is 5.89 Å². The molecule has 0 aliphatic carbocycles. The van der Waals surface area contributed by atoms with Gasteiger partial charge in [0.15, 0.2) is 5.58 Å². The Balaban J connectivity index is 1.11. The quantitative estimate of drug-likeness (QED) is 0.130. The van der Waals surface area contributed by atoms with Crippen molar-refractivity contribution < 1.29 is 4.42 Å². The molecule has 0 fully saturated rings. The van der Waals surface area contributed by atoms with Crippen LogP contribution in [0.2, 0.25) is 0 Å². The summed E-state index contributed by atoms with van der Waals surface area (Å²) in [5.41, 5.74) is 17.4. The third-order valence-corrected chi connectivity index (χ3v) is 11.8. The van der Waals surface area contributed by atoms with Crippen LogP contribution in [-0.2, 0) is 0 Å². The van der Waals surface area contributed by atoms with Crippen molar-refractivity contribution in [2.45, 2.75) is 0 Å². The molecule has 65 heavy (non-hydrogen) atoms. The van der Waals surface area contributed by atoms with Crippen molar-refractivity contribution in [3.05, 3.63) is 261 Å². The summed E-state index contributed by atoms with van der Waals surface area (Å²) in [6.45, 7) is 0. The normalized spacial score (nSPS) is 11.1. The number of nitrogens with zero attached hydrogens (tertiary/aromatic N) is 3. The van der Waals surface area contributed by atoms with Gasteiger partial charge < -0.3 is 14.2 Å². The summed E-state index contributed by atoms with van der Waals surface area (Å²) in [6.07, 6.45) is 0. The summed E-state index contributed by atoms with van der Waals surface area (Å²) in [6, 6.07) is 91.8. The van der Waals surface area contributed by atoms with E-state index in [2.05, 4.69) is 240 Å². The van der Waals surface area contributed by atoms with Gasteiger partial charge in [-0.2, -0.15) is 0 Å². The molecule has 4 nitrogen and oxygen atoms in total. The van der Waals surface area contributed by atoms with Gasteiger partial charge in [-0.1, -0.05) is 182 Å². The summed E-state index contributed by atoms with van der Waals surface area (Å²) in [4.78, 5) is 9.86. The number of oxazole rings is 1. The van der Waals surface area contributed by atoms with Crippen LogP contribution in [0.3, 0.4) is 0 Å². The van der Waals surface area contributed by atoms with Crippen LogP contribution in [0.4, 0.5) is 34.1 Å². The predicted molar refractivity (Wildman–Crippen MR) is 271 cm³/mol. The predicted octanol–water partition coefficient (Wildman–Crippen LogP) is 17.1. The Kier molecular flexibility index (Phi) is 10.6. The number of benzene rings is 10. The van der Waals surface area contributed by atoms with E-state index in [0.717, 1.165) is 78.6 Å². The van der Waals surface area contributed by atoms with E-state index in [-0.39, 0.29) is 0 Å². The minimum absolute atomic E-state index is 0.560. The van der Waals surface area contributed by atoms with E-state index in [1.807, 2.05) is 30.3 Å². The van der Waals surface area contributed by atoms with Crippen LogP contribution in [0.15, 0.2) is 265 Å². The van der Waals surface area contributed by atoms with Crippen molar-refractivity contribution in [1.82, 2.24) is 4.98 Å². The van der Waals surface area contributed by atoms with Crippen molar-refractivity contribution in [3.8, 4) is 56.0 Å². The maximum atomic E-state index is 6.88. The third kappa shape index (κ3) is 8.09. The highest BCUT2D eigenvalue weighted by atomic mass is 16.3. The van der Waals surface area contributed by atoms with E-state index in [1.54, 1.807) is 0 Å². The molecule has 11 aromatic rings. The molecule has 1 aromatic heterocycles. The van der Waals surface area contributed by atoms with Crippen molar-refractivity contribution in [2.75, 3.05) is 9.80 Å². The zero-order chi connectivity index (χ0) is 43.4. The molecule has 0 N–H and O–H groups in total. The van der Waals surface area contributed by atoms with Gasteiger partial charge >= 0.3 is 0 Å². The lowest BCUT2D eigenvalue weighted by Crippen LogP contribution is -2.14. The summed E-state index contributed by atoms with van der Waals surface area (Å²) >= 11 is 0. The lowest BCUT2D eigenvalue weighted by Gasteiger charge is -2.30. The molecule has 0 amide bonds. The van der Waals surface area contributed by atoms with Crippen molar-refractivity contribution in [3.63, 3.8) is 0 Å². The molecule has 308 valence electrons. The number of rotatable bonds is 11. The summed E-state index contributed by atoms with van der Waals surface area (Å²) in [5.74, 6) is 0.560. The first-order valence-corrected chi connectivity index (χ1v) is 21.9. The van der Waals surface area contributed by atoms with E-state index in [4.69, 9.17) is 9.40 Å². The minimum atomic E-state index is 0.560. The average molecular weight is 834 g/mol. The molecule has 0 atom stereocenters. The Bertz CT molecular complexity index is 3260. The Labute approximate surface area is 379 Å². The molecule has 0 aliphatic heterocycles. The van der Waals surface area contributed by atoms with Crippen LogP contribution in [0.25, 0.3) is 67.1 Å². The highest BCUT2D eigenvalue weighted by Crippen LogP contribution is 2.47. The van der Waals surface area contributed by atoms with Gasteiger partial charge in [0, 0.05) is 28.3 Å². The Morgan fingerprint density at radius 3 is 1.09 bits per heavy atom. The topological polar surface area (TPSA) is 32.5 Å². The van der Waals surface area contributed by atoms with Crippen LogP contribution < -0.4 is 9.80 Å². The molecule has 0 radical (unpaired) electrons. The number of para-hydroxylation sites is 2. The van der Waals surface area contributed by atoms with E-state index in [9.17, 15) is 0 Å². The summed E-state index contributed by atoms with van der Waals surface area (Å²) in [7, 11) is 0. The second-order valence-electron chi connectivity index (χ2n) is 16.0. The first-order chi connectivity index (χ1) is 32.2. The Morgan fingerprint density at radius 2 is 0.615 bits per heavy atom. The lowest BCUT2D eigenvalue weighted by atomic mass is 9.97. The molecule has 0 spiro atoms. The third-order valence-electron chi connectivity index (χ3n) is 11.8. The van der Waals surface area contributed by atoms with Crippen LogP contribution in [-0.4, -0.2) is 4.98 Å². The van der Waals surface area contributed by atoms with Gasteiger partial charge in [-0.15, -0.1) is 0 Å². The molecule has 0 aliphatic rings. The molecule has 10 aromatic carbocycles. The first-order valence-electron chi connectivity index (χ1n) is 21.9. The highest BCUT2D eigenvalue weighted by molar-refractivity contribution is 5.99. The van der Waals surface area contributed by atoms with Crippen LogP contribution in [0.1, 0.15) is 0 Å². The Morgan fingerprint density at radius 1 is 0.262 bits per heavy atom. The molecule has 0 saturated heterocycles. The Hall–Kier alpha value is -8.73. The molecule has 11 rings (SSSR count). The van der Waals surface area contributed by atoms with Crippen LogP contribution in [0, 0.1) is 0 Å². The van der Waals surface area contributed by atoms with Crippen LogP contribution in [0.5, 0.6) is 0 Å². The number of hydrogen-bond donors (Lipinski definition) is 0. The van der Waals surface area contributed by atoms with Crippen LogP contribution >= 0.6 is 0 Å². The van der Waals surface area contributed by atoms with Gasteiger partial charge in [0.1, 0.15) is 5.52 Å². The zero-order valence-corrected chi connectivity index (χ0v) is 35.6. The van der Waals surface area contributed by atoms with Gasteiger partial charge in [-0.05, 0) is 123 Å². The van der Waals surface area contributed by atoms with E-state index in [0.29, 0.717) is 11.5 Å². The summed E-state index contributed by atoms with van der Waals surface area (Å²) in [5, 5.41) is 0. The molecule has 1 heterocycles. The number of fused-ring (bicyclic) bond motifs is 1. The number of hydrogen-bond acceptors (Lipinski definition) is 4. The van der Waals surface area contributed by atoms with Crippen molar-refractivity contribution in [1.29, 1.82) is 0 Å². The second kappa shape index (κ2) is 17.6. The maximum absolute atomic E-state index is 6.88. The molecular weight excluding hydrogens is 791 g/mol. The molecule has 4 heteroatoms. The van der Waals surface area contributed by atoms with Crippen molar-refractivity contribution >= 4 is 45.2 Å². The zero-order valence-electron chi connectivity index (χ0n) is 35.6. The SMILES string of the molecule is c1ccc(-c2ccc(-c3ccc(N(c4ccccc4)c4cc(N(c5ccccc5)c5cc(-c6ccccc6)cc(-c6ccccc6)c5)cc5nc(-c6ccccc6)oc45)cc3)cc2)cc1. The fraction of sp³-hybridized carbons (Fsp3) is 0. The number of aromatic nitrogens is 1. The van der Waals surface area contributed by atoms with Gasteiger partial charge in [-0.25, -0.2) is 4.98 Å². The fourth-order valence-corrected chi connectivity index (χ4v) is 8.65. The molecule has 0 saturated carbocycles. The lowest BCUT2D eigenvalue weighted by molar-refractivity contribution is 0.620. The monoisotopic (exact) mass is 833 g/mol. The largest absolute Gasteiger partial charge is 0.434 e. The van der Waals surface area contributed by atoms with Gasteiger partial charge in [0.25, 0.3) is 0 Å². The molecular formula is C61H43N3O. The standard InChI is InChI=1S/C61H43N3O/c1-7-19-44(20-8-1)47-31-33-48(34-32-47)49-35-37-55(38-36-49)64(54-29-17-6-18-30-54)59-43-57(42-58-60(59)65-61(62-58)50-25-13-4-14-26-50)63(53-27-15-5-16-28-53)56-40-51(45-21-9-2-10-22-45)39-52(41-56)46-23-11-3-12-24-46/h1-43H. The highest BCUT2D eigenvalue weighted by Gasteiger charge is 2.25. The summed E-state index contributed by atoms with van der Waals surface area (Å²) < 4.78 is 6.88. The molecule has 0 bridgehead atoms. The van der Waals surface area contributed by atoms with E-state index in [1.165, 1.54) is 11.1 Å². The van der Waals surface area contributed by atoms with Gasteiger partial charge in [0.05, 0.1) is 11.4 Å². The first kappa shape index (κ1) is 39.1. The minimum Gasteiger partial charge on any atom is -0.434 e. The van der Waals surface area contributed by atoms with E-state index >= 15 is 0 Å². The smallest absolute Gasteiger partial charge is 0.227 e. The number of anilines is 6. The molecule has 0 unspecified atom stereocenters.